The van der Waals surface area contributed by atoms with E-state index in [-0.39, 0.29) is 11.6 Å². The predicted octanol–water partition coefficient (Wildman–Crippen LogP) is 4.25. The zero-order valence-electron chi connectivity index (χ0n) is 17.6. The van der Waals surface area contributed by atoms with Gasteiger partial charge in [0.1, 0.15) is 5.69 Å². The van der Waals surface area contributed by atoms with E-state index >= 15 is 0 Å². The topological polar surface area (TPSA) is 110 Å². The number of amides is 2. The third-order valence-electron chi connectivity index (χ3n) is 5.84. The van der Waals surface area contributed by atoms with E-state index in [0.717, 1.165) is 37.9 Å². The van der Waals surface area contributed by atoms with Gasteiger partial charge in [0.25, 0.3) is 0 Å². The smallest absolute Gasteiger partial charge is 0.322 e. The third kappa shape index (κ3) is 3.94. The summed E-state index contributed by atoms with van der Waals surface area (Å²) >= 11 is 0. The quantitative estimate of drug-likeness (QED) is 0.424. The lowest BCUT2D eigenvalue weighted by molar-refractivity contribution is 0.167. The number of aromatic nitrogens is 3. The number of anilines is 2. The van der Waals surface area contributed by atoms with Crippen molar-refractivity contribution < 1.29 is 4.79 Å². The number of nitrogens with one attached hydrogen (secondary N) is 4. The third-order valence-corrected chi connectivity index (χ3v) is 5.84. The van der Waals surface area contributed by atoms with Gasteiger partial charge in [0.15, 0.2) is 0 Å². The fraction of sp³-hybridized carbons (Fsp3) is 0.455. The first-order valence-corrected chi connectivity index (χ1v) is 10.5. The second-order valence-electron chi connectivity index (χ2n) is 8.72. The molecule has 158 valence electrons. The Kier molecular flexibility index (Phi) is 5.32. The average molecular weight is 408 g/mol. The fourth-order valence-electron chi connectivity index (χ4n) is 4.01. The molecule has 8 nitrogen and oxygen atoms in total. The van der Waals surface area contributed by atoms with Crippen LogP contribution in [0.5, 0.6) is 0 Å². The molecule has 2 aliphatic rings. The van der Waals surface area contributed by atoms with Crippen LogP contribution in [0.25, 0.3) is 11.4 Å². The average Bonchev–Trinajstić information content (AvgIpc) is 3.31. The molecule has 1 saturated heterocycles. The Labute approximate surface area is 176 Å². The molecule has 1 aliphatic heterocycles. The number of pyridine rings is 1. The second-order valence-corrected chi connectivity index (χ2v) is 8.72. The Morgan fingerprint density at radius 3 is 2.90 bits per heavy atom. The van der Waals surface area contributed by atoms with Crippen LogP contribution in [0.1, 0.15) is 45.1 Å². The van der Waals surface area contributed by atoms with Crippen LogP contribution in [0.2, 0.25) is 0 Å². The van der Waals surface area contributed by atoms with Gasteiger partial charge < -0.3 is 20.9 Å². The van der Waals surface area contributed by atoms with Crippen LogP contribution in [0.15, 0.2) is 30.6 Å². The minimum absolute atomic E-state index is 0.0406. The minimum atomic E-state index is -0.100. The summed E-state index contributed by atoms with van der Waals surface area (Å²) in [5.41, 5.74) is 4.66. The molecule has 0 bridgehead atoms. The Balaban J connectivity index is 1.55. The highest BCUT2D eigenvalue weighted by Gasteiger charge is 2.52. The molecule has 0 radical (unpaired) electrons. The van der Waals surface area contributed by atoms with Gasteiger partial charge in [0.2, 0.25) is 0 Å². The number of carbonyl (C=O) groups is 1. The van der Waals surface area contributed by atoms with Crippen molar-refractivity contribution in [3.05, 3.63) is 36.2 Å². The molecular formula is C22H29N7O. The molecule has 0 unspecified atom stereocenters. The Bertz CT molecular complexity index is 974. The maximum atomic E-state index is 13.0. The van der Waals surface area contributed by atoms with Crippen molar-refractivity contribution in [2.24, 2.45) is 5.92 Å². The maximum absolute atomic E-state index is 13.0. The zero-order chi connectivity index (χ0) is 21.3. The van der Waals surface area contributed by atoms with E-state index in [4.69, 9.17) is 5.41 Å². The van der Waals surface area contributed by atoms with Crippen molar-refractivity contribution >= 4 is 23.6 Å². The second kappa shape index (κ2) is 7.93. The van der Waals surface area contributed by atoms with Gasteiger partial charge in [0.05, 0.1) is 17.6 Å². The molecule has 30 heavy (non-hydrogen) atoms. The van der Waals surface area contributed by atoms with E-state index in [2.05, 4.69) is 46.2 Å². The van der Waals surface area contributed by atoms with Crippen LogP contribution < -0.4 is 10.6 Å². The highest BCUT2D eigenvalue weighted by Crippen LogP contribution is 2.49. The van der Waals surface area contributed by atoms with Gasteiger partial charge in [-0.05, 0) is 37.7 Å². The van der Waals surface area contributed by atoms with Gasteiger partial charge in [-0.1, -0.05) is 26.0 Å². The normalized spacial score (nSPS) is 17.3. The van der Waals surface area contributed by atoms with Crippen LogP contribution in [0.3, 0.4) is 0 Å². The lowest BCUT2D eigenvalue weighted by Crippen LogP contribution is -2.48. The molecule has 2 fully saturated rings. The first kappa shape index (κ1) is 20.1. The minimum Gasteiger partial charge on any atom is -0.384 e. The first-order valence-electron chi connectivity index (χ1n) is 10.5. The molecule has 3 heterocycles. The van der Waals surface area contributed by atoms with Crippen LogP contribution >= 0.6 is 0 Å². The number of aromatic amines is 1. The molecular weight excluding hydrogens is 378 g/mol. The first-order chi connectivity index (χ1) is 14.4. The summed E-state index contributed by atoms with van der Waals surface area (Å²) in [4.78, 5) is 19.5. The largest absolute Gasteiger partial charge is 0.384 e. The fourth-order valence-corrected chi connectivity index (χ4v) is 4.01. The van der Waals surface area contributed by atoms with Gasteiger partial charge in [0, 0.05) is 42.3 Å². The SMILES string of the molecule is C=C1CCN(C(=O)Nc2cn[nH]c2-c2cc(NCC(C)C)c(C=N)cn2)C2(CC2)C1. The van der Waals surface area contributed by atoms with Crippen LogP contribution in [0, 0.1) is 11.3 Å². The van der Waals surface area contributed by atoms with Crippen molar-refractivity contribution in [1.29, 1.82) is 5.41 Å². The summed E-state index contributed by atoms with van der Waals surface area (Å²) in [6.45, 7) is 9.87. The number of likely N-dealkylation sites (tertiary alicyclic amines) is 1. The van der Waals surface area contributed by atoms with E-state index < -0.39 is 0 Å². The highest BCUT2D eigenvalue weighted by molar-refractivity contribution is 5.94. The summed E-state index contributed by atoms with van der Waals surface area (Å²) in [5.74, 6) is 0.470. The van der Waals surface area contributed by atoms with Gasteiger partial charge >= 0.3 is 6.03 Å². The van der Waals surface area contributed by atoms with Crippen molar-refractivity contribution in [3.63, 3.8) is 0 Å². The summed E-state index contributed by atoms with van der Waals surface area (Å²) in [7, 11) is 0. The van der Waals surface area contributed by atoms with E-state index in [1.807, 2.05) is 11.0 Å². The lowest BCUT2D eigenvalue weighted by atomic mass is 9.96. The van der Waals surface area contributed by atoms with E-state index in [9.17, 15) is 4.79 Å². The lowest BCUT2D eigenvalue weighted by Gasteiger charge is -2.37. The predicted molar refractivity (Wildman–Crippen MR) is 119 cm³/mol. The molecule has 2 amide bonds. The zero-order valence-corrected chi connectivity index (χ0v) is 17.6. The Hall–Kier alpha value is -3.16. The number of carbonyl (C=O) groups excluding carboxylic acids is 1. The standard InChI is InChI=1S/C22H29N7O/c1-14(2)11-24-17-8-18(25-12-16(17)10-23)20-19(13-26-28-20)27-21(30)29-7-4-15(3)9-22(29)5-6-22/h8,10,12-14,23H,3-7,9,11H2,1-2H3,(H,24,25)(H,26,28)(H,27,30). The number of rotatable bonds is 6. The van der Waals surface area contributed by atoms with E-state index in [0.29, 0.717) is 35.1 Å². The molecule has 1 spiro atoms. The molecule has 1 aliphatic carbocycles. The number of piperidine rings is 1. The number of urea groups is 1. The molecule has 4 N–H and O–H groups in total. The van der Waals surface area contributed by atoms with Gasteiger partial charge in [-0.2, -0.15) is 5.10 Å². The van der Waals surface area contributed by atoms with Gasteiger partial charge in [-0.15, -0.1) is 0 Å². The molecule has 0 atom stereocenters. The summed E-state index contributed by atoms with van der Waals surface area (Å²) in [6.07, 6.45) is 8.38. The molecule has 2 aromatic rings. The molecule has 8 heteroatoms. The van der Waals surface area contributed by atoms with E-state index in [1.165, 1.54) is 11.8 Å². The van der Waals surface area contributed by atoms with Crippen molar-refractivity contribution in [3.8, 4) is 11.4 Å². The molecule has 2 aromatic heterocycles. The van der Waals surface area contributed by atoms with E-state index in [1.54, 1.807) is 12.4 Å². The van der Waals surface area contributed by atoms with Crippen LogP contribution in [-0.2, 0) is 0 Å². The molecule has 0 aromatic carbocycles. The molecule has 4 rings (SSSR count). The summed E-state index contributed by atoms with van der Waals surface area (Å²) in [5, 5.41) is 21.1. The van der Waals surface area contributed by atoms with Gasteiger partial charge in [-0.3, -0.25) is 10.1 Å². The summed E-state index contributed by atoms with van der Waals surface area (Å²) < 4.78 is 0. The number of hydrogen-bond acceptors (Lipinski definition) is 5. The number of H-pyrrole nitrogens is 1. The van der Waals surface area contributed by atoms with Crippen molar-refractivity contribution in [2.45, 2.75) is 45.1 Å². The maximum Gasteiger partial charge on any atom is 0.322 e. The number of nitrogens with zero attached hydrogens (tertiary/aromatic N) is 3. The van der Waals surface area contributed by atoms with Crippen LogP contribution in [-0.4, -0.2) is 51.0 Å². The highest BCUT2D eigenvalue weighted by atomic mass is 16.2. The molecule has 1 saturated carbocycles. The van der Waals surface area contributed by atoms with Crippen molar-refractivity contribution in [2.75, 3.05) is 23.7 Å². The summed E-state index contributed by atoms with van der Waals surface area (Å²) in [6, 6.07) is 1.79. The monoisotopic (exact) mass is 407 g/mol. The van der Waals surface area contributed by atoms with Crippen LogP contribution in [0.4, 0.5) is 16.2 Å². The number of hydrogen-bond donors (Lipinski definition) is 4. The Morgan fingerprint density at radius 1 is 1.40 bits per heavy atom. The Morgan fingerprint density at radius 2 is 2.20 bits per heavy atom. The van der Waals surface area contributed by atoms with Gasteiger partial charge in [-0.25, -0.2) is 4.79 Å². The van der Waals surface area contributed by atoms with Crippen molar-refractivity contribution in [1.82, 2.24) is 20.1 Å².